The molecule has 0 aromatic rings. The van der Waals surface area contributed by atoms with E-state index >= 15 is 0 Å². The van der Waals surface area contributed by atoms with Crippen molar-refractivity contribution in [3.63, 3.8) is 0 Å². The highest BCUT2D eigenvalue weighted by atomic mass is 127. The number of halogens is 1. The minimum Gasteiger partial charge on any atom is -0.444 e. The summed E-state index contributed by atoms with van der Waals surface area (Å²) in [5, 5.41) is 0. The Morgan fingerprint density at radius 3 is 2.56 bits per heavy atom. The van der Waals surface area contributed by atoms with Gasteiger partial charge in [0.05, 0.1) is 18.8 Å². The molecule has 0 saturated carbocycles. The fourth-order valence-electron chi connectivity index (χ4n) is 4.31. The standard InChI is InChI=1S/C21H38INO4/c1-14(2)10-15(8-9-22)11-16-12-23(19(24)27-20(3,4)5)17-13-25-21(6,7)26-18(16)17/h14-18H,8-13H2,1-7H3/t15-,16-,17+,18+/m0/s1. The number of fused-ring (bicyclic) bond motifs is 1. The van der Waals surface area contributed by atoms with Crippen LogP contribution in [0.2, 0.25) is 0 Å². The van der Waals surface area contributed by atoms with E-state index in [0.717, 1.165) is 6.42 Å². The van der Waals surface area contributed by atoms with E-state index in [9.17, 15) is 4.79 Å². The van der Waals surface area contributed by atoms with Crippen LogP contribution in [0.1, 0.15) is 67.7 Å². The van der Waals surface area contributed by atoms with Gasteiger partial charge in [-0.25, -0.2) is 4.79 Å². The number of rotatable bonds is 6. The van der Waals surface area contributed by atoms with Crippen molar-refractivity contribution in [3.05, 3.63) is 0 Å². The predicted molar refractivity (Wildman–Crippen MR) is 116 cm³/mol. The normalized spacial score (nSPS) is 28.9. The molecule has 0 unspecified atom stereocenters. The van der Waals surface area contributed by atoms with Crippen molar-refractivity contribution >= 4 is 28.7 Å². The third-order valence-corrected chi connectivity index (χ3v) is 5.91. The second-order valence-electron chi connectivity index (χ2n) is 9.96. The first-order chi connectivity index (χ1) is 12.4. The second kappa shape index (κ2) is 9.16. The van der Waals surface area contributed by atoms with Crippen LogP contribution in [-0.4, -0.2) is 52.1 Å². The molecule has 0 aromatic heterocycles. The Balaban J connectivity index is 2.16. The third-order valence-electron chi connectivity index (χ3n) is 5.28. The average molecular weight is 495 g/mol. The van der Waals surface area contributed by atoms with E-state index in [4.69, 9.17) is 14.2 Å². The molecule has 0 radical (unpaired) electrons. The van der Waals surface area contributed by atoms with Crippen molar-refractivity contribution in [2.24, 2.45) is 17.8 Å². The molecule has 1 amide bonds. The third kappa shape index (κ3) is 6.74. The molecule has 2 aliphatic heterocycles. The summed E-state index contributed by atoms with van der Waals surface area (Å²) >= 11 is 2.47. The van der Waals surface area contributed by atoms with Crippen molar-refractivity contribution in [2.45, 2.75) is 91.3 Å². The molecule has 0 N–H and O–H groups in total. The number of carbonyl (C=O) groups is 1. The van der Waals surface area contributed by atoms with Crippen LogP contribution in [0.25, 0.3) is 0 Å². The molecule has 0 aromatic carbocycles. The fraction of sp³-hybridized carbons (Fsp3) is 0.952. The van der Waals surface area contributed by atoms with Crippen molar-refractivity contribution in [2.75, 3.05) is 17.6 Å². The van der Waals surface area contributed by atoms with Crippen LogP contribution >= 0.6 is 22.6 Å². The van der Waals surface area contributed by atoms with Crippen molar-refractivity contribution in [1.82, 2.24) is 4.90 Å². The summed E-state index contributed by atoms with van der Waals surface area (Å²) in [6.45, 7) is 15.4. The Labute approximate surface area is 179 Å². The van der Waals surface area contributed by atoms with Crippen LogP contribution in [0.15, 0.2) is 0 Å². The highest BCUT2D eigenvalue weighted by molar-refractivity contribution is 14.1. The van der Waals surface area contributed by atoms with Gasteiger partial charge in [0.1, 0.15) is 5.60 Å². The van der Waals surface area contributed by atoms with Gasteiger partial charge in [0.2, 0.25) is 0 Å². The molecular formula is C21H38INO4. The van der Waals surface area contributed by atoms with Gasteiger partial charge in [-0.2, -0.15) is 0 Å². The molecule has 158 valence electrons. The molecular weight excluding hydrogens is 457 g/mol. The van der Waals surface area contributed by atoms with Crippen molar-refractivity contribution < 1.29 is 19.0 Å². The van der Waals surface area contributed by atoms with Gasteiger partial charge < -0.3 is 14.2 Å². The Morgan fingerprint density at radius 2 is 2.00 bits per heavy atom. The molecule has 0 spiro atoms. The smallest absolute Gasteiger partial charge is 0.410 e. The zero-order chi connectivity index (χ0) is 20.4. The number of carbonyl (C=O) groups excluding carboxylic acids is 1. The Kier molecular flexibility index (Phi) is 7.87. The first-order valence-electron chi connectivity index (χ1n) is 10.3. The summed E-state index contributed by atoms with van der Waals surface area (Å²) in [6, 6.07) is -0.0582. The van der Waals surface area contributed by atoms with E-state index in [1.807, 2.05) is 39.5 Å². The average Bonchev–Trinajstić information content (AvgIpc) is 2.82. The van der Waals surface area contributed by atoms with Gasteiger partial charge in [-0.1, -0.05) is 36.4 Å². The second-order valence-corrected chi connectivity index (χ2v) is 11.0. The summed E-state index contributed by atoms with van der Waals surface area (Å²) in [6.07, 6.45) is 3.31. The van der Waals surface area contributed by atoms with Crippen molar-refractivity contribution in [1.29, 1.82) is 0 Å². The minimum absolute atomic E-state index is 0.0186. The zero-order valence-electron chi connectivity index (χ0n) is 18.1. The highest BCUT2D eigenvalue weighted by Gasteiger charge is 2.51. The van der Waals surface area contributed by atoms with Gasteiger partial charge in [0.25, 0.3) is 0 Å². The first kappa shape index (κ1) is 23.2. The molecule has 2 fully saturated rings. The molecule has 4 atom stereocenters. The number of likely N-dealkylation sites (tertiary alicyclic amines) is 1. The van der Waals surface area contributed by atoms with E-state index < -0.39 is 11.4 Å². The maximum atomic E-state index is 12.8. The molecule has 2 rings (SSSR count). The lowest BCUT2D eigenvalue weighted by Crippen LogP contribution is -2.53. The lowest BCUT2D eigenvalue weighted by molar-refractivity contribution is -0.288. The number of hydrogen-bond donors (Lipinski definition) is 0. The highest BCUT2D eigenvalue weighted by Crippen LogP contribution is 2.40. The SMILES string of the molecule is CC(C)C[C@H](CCI)C[C@H]1CN(C(=O)OC(C)(C)C)[C@@H]2COC(C)(C)O[C@H]12. The first-order valence-corrected chi connectivity index (χ1v) is 11.8. The summed E-state index contributed by atoms with van der Waals surface area (Å²) in [5.74, 6) is 1.09. The molecule has 5 nitrogen and oxygen atoms in total. The van der Waals surface area contributed by atoms with E-state index in [-0.39, 0.29) is 18.2 Å². The van der Waals surface area contributed by atoms with Gasteiger partial charge >= 0.3 is 6.09 Å². The molecule has 0 aliphatic carbocycles. The van der Waals surface area contributed by atoms with E-state index in [2.05, 4.69) is 36.4 Å². The van der Waals surface area contributed by atoms with Crippen LogP contribution in [-0.2, 0) is 14.2 Å². The number of alkyl halides is 1. The van der Waals surface area contributed by atoms with Crippen LogP contribution in [0.5, 0.6) is 0 Å². The Morgan fingerprint density at radius 1 is 1.33 bits per heavy atom. The predicted octanol–water partition coefficient (Wildman–Crippen LogP) is 5.25. The monoisotopic (exact) mass is 495 g/mol. The van der Waals surface area contributed by atoms with Gasteiger partial charge in [0, 0.05) is 12.5 Å². The molecule has 2 aliphatic rings. The summed E-state index contributed by atoms with van der Waals surface area (Å²) in [7, 11) is 0. The molecule has 2 heterocycles. The topological polar surface area (TPSA) is 48.0 Å². The van der Waals surface area contributed by atoms with E-state index in [0.29, 0.717) is 30.9 Å². The minimum atomic E-state index is -0.597. The van der Waals surface area contributed by atoms with Gasteiger partial charge in [-0.15, -0.1) is 0 Å². The number of amides is 1. The fourth-order valence-corrected chi connectivity index (χ4v) is 5.19. The Bertz CT molecular complexity index is 503. The lowest BCUT2D eigenvalue weighted by Gasteiger charge is -2.41. The van der Waals surface area contributed by atoms with Crippen LogP contribution in [0.3, 0.4) is 0 Å². The largest absolute Gasteiger partial charge is 0.444 e. The van der Waals surface area contributed by atoms with Crippen LogP contribution in [0.4, 0.5) is 4.79 Å². The number of ether oxygens (including phenoxy) is 3. The molecule has 27 heavy (non-hydrogen) atoms. The van der Waals surface area contributed by atoms with Crippen molar-refractivity contribution in [3.8, 4) is 0 Å². The summed E-state index contributed by atoms with van der Waals surface area (Å²) in [4.78, 5) is 14.7. The summed E-state index contributed by atoms with van der Waals surface area (Å²) in [5.41, 5.74) is -0.498. The molecule has 0 bridgehead atoms. The maximum absolute atomic E-state index is 12.8. The quantitative estimate of drug-likeness (QED) is 0.373. The number of nitrogens with zero attached hydrogens (tertiary/aromatic N) is 1. The lowest BCUT2D eigenvalue weighted by atomic mass is 9.84. The number of hydrogen-bond acceptors (Lipinski definition) is 4. The van der Waals surface area contributed by atoms with Gasteiger partial charge in [-0.05, 0) is 70.1 Å². The maximum Gasteiger partial charge on any atom is 0.410 e. The summed E-state index contributed by atoms with van der Waals surface area (Å²) < 4.78 is 19.0. The molecule has 2 saturated heterocycles. The zero-order valence-corrected chi connectivity index (χ0v) is 20.2. The van der Waals surface area contributed by atoms with E-state index in [1.54, 1.807) is 0 Å². The van der Waals surface area contributed by atoms with E-state index in [1.165, 1.54) is 17.3 Å². The van der Waals surface area contributed by atoms with Crippen LogP contribution < -0.4 is 0 Å². The van der Waals surface area contributed by atoms with Gasteiger partial charge in [-0.3, -0.25) is 4.90 Å². The van der Waals surface area contributed by atoms with Gasteiger partial charge in [0.15, 0.2) is 5.79 Å². The Hall–Kier alpha value is -0.0800. The molecule has 6 heteroatoms. The van der Waals surface area contributed by atoms with Crippen LogP contribution in [0, 0.1) is 17.8 Å².